The molecule has 1 aromatic heterocycles. The van der Waals surface area contributed by atoms with E-state index in [1.165, 1.54) is 33.3 Å². The lowest BCUT2D eigenvalue weighted by atomic mass is 10.2. The number of nitrogens with zero attached hydrogens (tertiary/aromatic N) is 1. The van der Waals surface area contributed by atoms with Crippen LogP contribution in [0.4, 0.5) is 17.1 Å². The molecule has 0 unspecified atom stereocenters. The second kappa shape index (κ2) is 10.4. The molecule has 0 radical (unpaired) electrons. The lowest BCUT2D eigenvalue weighted by molar-refractivity contribution is -0.115. The van der Waals surface area contributed by atoms with Crippen LogP contribution >= 0.6 is 11.3 Å². The number of anilines is 3. The maximum atomic E-state index is 13.4. The van der Waals surface area contributed by atoms with Crippen molar-refractivity contribution in [2.75, 3.05) is 35.7 Å². The van der Waals surface area contributed by atoms with Gasteiger partial charge in [-0.05, 0) is 41.8 Å². The van der Waals surface area contributed by atoms with E-state index in [1.54, 1.807) is 47.8 Å². The predicted octanol–water partition coefficient (Wildman–Crippen LogP) is 3.56. The van der Waals surface area contributed by atoms with E-state index in [9.17, 15) is 18.0 Å². The molecule has 0 aliphatic carbocycles. The van der Waals surface area contributed by atoms with Crippen LogP contribution in [0.1, 0.15) is 6.92 Å². The van der Waals surface area contributed by atoms with Gasteiger partial charge in [-0.3, -0.25) is 13.9 Å². The van der Waals surface area contributed by atoms with Gasteiger partial charge in [0.2, 0.25) is 11.8 Å². The van der Waals surface area contributed by atoms with Gasteiger partial charge in [0.15, 0.2) is 0 Å². The highest BCUT2D eigenvalue weighted by molar-refractivity contribution is 7.94. The minimum atomic E-state index is -4.05. The van der Waals surface area contributed by atoms with Crippen LogP contribution < -0.4 is 24.4 Å². The number of thiophene rings is 1. The maximum Gasteiger partial charge on any atom is 0.274 e. The standard InChI is InChI=1S/C22H23N3O6S2/c1-15(26)23-16-10-11-19(30-2)17(13-16)24-21(27)14-25(18-7-4-5-8-20(18)31-3)33(28,29)22-9-6-12-32-22/h4-13H,14H2,1-3H3,(H,23,26)(H,24,27). The fraction of sp³-hybridized carbons (Fsp3) is 0.182. The molecular formula is C22H23N3O6S2. The third-order valence-electron chi connectivity index (χ3n) is 4.47. The number of ether oxygens (including phenoxy) is 2. The number of sulfonamides is 1. The lowest BCUT2D eigenvalue weighted by Crippen LogP contribution is -2.38. The van der Waals surface area contributed by atoms with Crippen LogP contribution in [0.5, 0.6) is 11.5 Å². The Kier molecular flexibility index (Phi) is 7.56. The first kappa shape index (κ1) is 24.1. The van der Waals surface area contributed by atoms with Crippen LogP contribution in [0.3, 0.4) is 0 Å². The Labute approximate surface area is 196 Å². The van der Waals surface area contributed by atoms with E-state index in [2.05, 4.69) is 10.6 Å². The molecule has 0 fully saturated rings. The highest BCUT2D eigenvalue weighted by atomic mass is 32.2. The monoisotopic (exact) mass is 489 g/mol. The second-order valence-corrected chi connectivity index (χ2v) is 9.80. The molecule has 9 nitrogen and oxygen atoms in total. The van der Waals surface area contributed by atoms with E-state index in [1.807, 2.05) is 0 Å². The van der Waals surface area contributed by atoms with E-state index in [4.69, 9.17) is 9.47 Å². The lowest BCUT2D eigenvalue weighted by Gasteiger charge is -2.25. The van der Waals surface area contributed by atoms with Gasteiger partial charge in [-0.2, -0.15) is 0 Å². The summed E-state index contributed by atoms with van der Waals surface area (Å²) in [5.41, 5.74) is 0.955. The maximum absolute atomic E-state index is 13.4. The van der Waals surface area contributed by atoms with Gasteiger partial charge in [0, 0.05) is 12.6 Å². The van der Waals surface area contributed by atoms with Gasteiger partial charge < -0.3 is 20.1 Å². The van der Waals surface area contributed by atoms with Crippen LogP contribution in [0.15, 0.2) is 64.2 Å². The average Bonchev–Trinajstić information content (AvgIpc) is 3.33. The molecule has 0 aliphatic heterocycles. The number of carbonyl (C=O) groups is 2. The number of hydrogen-bond donors (Lipinski definition) is 2. The summed E-state index contributed by atoms with van der Waals surface area (Å²) in [5.74, 6) is -0.237. The number of benzene rings is 2. The first-order valence-electron chi connectivity index (χ1n) is 9.71. The van der Waals surface area contributed by atoms with Crippen molar-refractivity contribution in [1.82, 2.24) is 0 Å². The minimum absolute atomic E-state index is 0.0893. The number of rotatable bonds is 9. The van der Waals surface area contributed by atoms with Crippen LogP contribution in [-0.2, 0) is 19.6 Å². The Morgan fingerprint density at radius 2 is 1.70 bits per heavy atom. The summed E-state index contributed by atoms with van der Waals surface area (Å²) < 4.78 is 38.5. The molecule has 0 spiro atoms. The highest BCUT2D eigenvalue weighted by Crippen LogP contribution is 2.34. The predicted molar refractivity (Wildman–Crippen MR) is 128 cm³/mol. The van der Waals surface area contributed by atoms with Gasteiger partial charge >= 0.3 is 0 Å². The molecule has 174 valence electrons. The number of carbonyl (C=O) groups excluding carboxylic acids is 2. The summed E-state index contributed by atoms with van der Waals surface area (Å²) in [4.78, 5) is 24.4. The molecular weight excluding hydrogens is 466 g/mol. The number of methoxy groups -OCH3 is 2. The summed E-state index contributed by atoms with van der Waals surface area (Å²) in [6.45, 7) is 0.844. The molecule has 0 atom stereocenters. The van der Waals surface area contributed by atoms with Crippen molar-refractivity contribution in [3.63, 3.8) is 0 Å². The molecule has 33 heavy (non-hydrogen) atoms. The van der Waals surface area contributed by atoms with Crippen molar-refractivity contribution in [3.05, 3.63) is 60.0 Å². The van der Waals surface area contributed by atoms with E-state index in [0.29, 0.717) is 17.2 Å². The Bertz CT molecular complexity index is 1240. The third kappa shape index (κ3) is 5.62. The SMILES string of the molecule is COc1ccc(NC(C)=O)cc1NC(=O)CN(c1ccccc1OC)S(=O)(=O)c1cccs1. The average molecular weight is 490 g/mol. The molecule has 3 aromatic rings. The Balaban J connectivity index is 1.96. The molecule has 3 rings (SSSR count). The van der Waals surface area contributed by atoms with Crippen molar-refractivity contribution in [2.24, 2.45) is 0 Å². The van der Waals surface area contributed by atoms with E-state index in [0.717, 1.165) is 15.6 Å². The highest BCUT2D eigenvalue weighted by Gasteiger charge is 2.30. The summed E-state index contributed by atoms with van der Waals surface area (Å²) in [6, 6.07) is 14.4. The fourth-order valence-corrected chi connectivity index (χ4v) is 5.60. The van der Waals surface area contributed by atoms with Gasteiger partial charge in [0.1, 0.15) is 22.3 Å². The molecule has 0 bridgehead atoms. The summed E-state index contributed by atoms with van der Waals surface area (Å²) in [6.07, 6.45) is 0. The quantitative estimate of drug-likeness (QED) is 0.475. The fourth-order valence-electron chi connectivity index (χ4n) is 3.06. The number of nitrogens with one attached hydrogen (secondary N) is 2. The van der Waals surface area contributed by atoms with Crippen molar-refractivity contribution in [2.45, 2.75) is 11.1 Å². The zero-order valence-corrected chi connectivity index (χ0v) is 19.8. The van der Waals surface area contributed by atoms with E-state index < -0.39 is 22.5 Å². The largest absolute Gasteiger partial charge is 0.495 e. The van der Waals surface area contributed by atoms with Crippen LogP contribution in [0.2, 0.25) is 0 Å². The normalized spacial score (nSPS) is 10.9. The van der Waals surface area contributed by atoms with Gasteiger partial charge in [-0.25, -0.2) is 8.42 Å². The molecule has 2 N–H and O–H groups in total. The van der Waals surface area contributed by atoms with Crippen LogP contribution in [0.25, 0.3) is 0 Å². The zero-order valence-electron chi connectivity index (χ0n) is 18.2. The molecule has 2 aromatic carbocycles. The topological polar surface area (TPSA) is 114 Å². The van der Waals surface area contributed by atoms with Crippen molar-refractivity contribution >= 4 is 50.2 Å². The molecule has 0 saturated carbocycles. The van der Waals surface area contributed by atoms with Gasteiger partial charge in [0.25, 0.3) is 10.0 Å². The Morgan fingerprint density at radius 3 is 2.33 bits per heavy atom. The van der Waals surface area contributed by atoms with Crippen molar-refractivity contribution in [1.29, 1.82) is 0 Å². The minimum Gasteiger partial charge on any atom is -0.495 e. The summed E-state index contributed by atoms with van der Waals surface area (Å²) in [7, 11) is -1.19. The second-order valence-electron chi connectivity index (χ2n) is 6.76. The summed E-state index contributed by atoms with van der Waals surface area (Å²) in [5, 5.41) is 6.94. The van der Waals surface area contributed by atoms with E-state index in [-0.39, 0.29) is 21.5 Å². The molecule has 11 heteroatoms. The van der Waals surface area contributed by atoms with Gasteiger partial charge in [-0.15, -0.1) is 11.3 Å². The van der Waals surface area contributed by atoms with Crippen LogP contribution in [-0.4, -0.2) is 41.0 Å². The van der Waals surface area contributed by atoms with Crippen molar-refractivity contribution in [3.8, 4) is 11.5 Å². The van der Waals surface area contributed by atoms with E-state index >= 15 is 0 Å². The molecule has 1 heterocycles. The molecule has 0 aliphatic rings. The summed E-state index contributed by atoms with van der Waals surface area (Å²) >= 11 is 1.05. The molecule has 2 amide bonds. The van der Waals surface area contributed by atoms with Crippen molar-refractivity contribution < 1.29 is 27.5 Å². The number of hydrogen-bond acceptors (Lipinski definition) is 7. The molecule has 0 saturated heterocycles. The van der Waals surface area contributed by atoms with Gasteiger partial charge in [0.05, 0.1) is 25.6 Å². The zero-order chi connectivity index (χ0) is 24.0. The first-order valence-corrected chi connectivity index (χ1v) is 12.0. The number of para-hydroxylation sites is 2. The van der Waals surface area contributed by atoms with Gasteiger partial charge in [-0.1, -0.05) is 18.2 Å². The Morgan fingerprint density at radius 1 is 0.970 bits per heavy atom. The first-order chi connectivity index (χ1) is 15.8. The smallest absolute Gasteiger partial charge is 0.274 e. The Hall–Kier alpha value is -3.57. The third-order valence-corrected chi connectivity index (χ3v) is 7.61. The number of amides is 2. The van der Waals surface area contributed by atoms with Crippen LogP contribution in [0, 0.1) is 0 Å².